The van der Waals surface area contributed by atoms with Crippen LogP contribution in [-0.2, 0) is 34.0 Å². The smallest absolute Gasteiger partial charge is 0.407 e. The molecule has 0 aliphatic heterocycles. The highest BCUT2D eigenvalue weighted by Gasteiger charge is 2.18. The molecule has 0 aliphatic carbocycles. The maximum atomic E-state index is 12.6. The fourth-order valence-electron chi connectivity index (χ4n) is 4.30. The predicted octanol–water partition coefficient (Wildman–Crippen LogP) is 4.05. The first-order valence-electron chi connectivity index (χ1n) is 14.7. The monoisotopic (exact) mass is 592 g/mol. The first-order chi connectivity index (χ1) is 21.1. The van der Waals surface area contributed by atoms with E-state index in [-0.39, 0.29) is 25.9 Å². The summed E-state index contributed by atoms with van der Waals surface area (Å²) >= 11 is 0. The first kappa shape index (κ1) is 33.5. The van der Waals surface area contributed by atoms with Crippen LogP contribution in [-0.4, -0.2) is 74.3 Å². The number of ether oxygens (including phenoxy) is 3. The van der Waals surface area contributed by atoms with Gasteiger partial charge in [-0.15, -0.1) is 0 Å². The predicted molar refractivity (Wildman–Crippen MR) is 165 cm³/mol. The number of hydrogen-bond donors (Lipinski definition) is 4. The van der Waals surface area contributed by atoms with E-state index in [2.05, 4.69) is 20.9 Å². The van der Waals surface area contributed by atoms with Gasteiger partial charge in [-0.05, 0) is 29.5 Å². The van der Waals surface area contributed by atoms with E-state index in [4.69, 9.17) is 14.2 Å². The van der Waals surface area contributed by atoms with Gasteiger partial charge in [0.1, 0.15) is 13.2 Å². The van der Waals surface area contributed by atoms with Gasteiger partial charge in [0.25, 0.3) is 0 Å². The summed E-state index contributed by atoms with van der Waals surface area (Å²) in [5, 5.41) is 18.5. The van der Waals surface area contributed by atoms with Crippen molar-refractivity contribution in [1.82, 2.24) is 20.9 Å². The van der Waals surface area contributed by atoms with Crippen molar-refractivity contribution in [3.05, 3.63) is 108 Å². The molecule has 10 nitrogen and oxygen atoms in total. The van der Waals surface area contributed by atoms with Crippen molar-refractivity contribution in [3.8, 4) is 0 Å². The summed E-state index contributed by atoms with van der Waals surface area (Å²) in [4.78, 5) is 27.0. The molecule has 43 heavy (non-hydrogen) atoms. The fraction of sp³-hybridized carbons (Fsp3) is 0.394. The normalized spacial score (nSPS) is 11.6. The van der Waals surface area contributed by atoms with Crippen molar-refractivity contribution >= 4 is 12.2 Å². The molecule has 1 atom stereocenters. The minimum Gasteiger partial charge on any atom is -0.445 e. The van der Waals surface area contributed by atoms with Crippen LogP contribution in [0.15, 0.2) is 91.0 Å². The zero-order valence-electron chi connectivity index (χ0n) is 24.7. The summed E-state index contributed by atoms with van der Waals surface area (Å²) in [7, 11) is 0. The molecule has 232 valence electrons. The zero-order valence-corrected chi connectivity index (χ0v) is 24.7. The lowest BCUT2D eigenvalue weighted by atomic mass is 10.1. The number of hydrogen-bond acceptors (Lipinski definition) is 8. The quantitative estimate of drug-likeness (QED) is 0.115. The van der Waals surface area contributed by atoms with Gasteiger partial charge in [-0.2, -0.15) is 0 Å². The van der Waals surface area contributed by atoms with Crippen molar-refractivity contribution in [2.45, 2.75) is 38.7 Å². The van der Waals surface area contributed by atoms with Crippen molar-refractivity contribution in [1.29, 1.82) is 0 Å². The molecule has 10 heteroatoms. The Morgan fingerprint density at radius 2 is 1.26 bits per heavy atom. The third-order valence-corrected chi connectivity index (χ3v) is 6.55. The number of rotatable bonds is 20. The molecule has 3 rings (SSSR count). The number of benzene rings is 3. The molecule has 0 bridgehead atoms. The Balaban J connectivity index is 1.47. The molecule has 0 aromatic heterocycles. The Kier molecular flexibility index (Phi) is 16.3. The lowest BCUT2D eigenvalue weighted by Crippen LogP contribution is -2.47. The molecule has 0 aliphatic rings. The van der Waals surface area contributed by atoms with E-state index in [1.807, 2.05) is 91.0 Å². The number of nitrogens with one attached hydrogen (secondary N) is 3. The summed E-state index contributed by atoms with van der Waals surface area (Å²) in [6, 6.07) is 28.7. The van der Waals surface area contributed by atoms with Crippen LogP contribution >= 0.6 is 0 Å². The van der Waals surface area contributed by atoms with Gasteiger partial charge in [-0.3, -0.25) is 10.2 Å². The second-order valence-electron chi connectivity index (χ2n) is 10.0. The molecular formula is C33H44N4O6. The second-order valence-corrected chi connectivity index (χ2v) is 10.0. The SMILES string of the molecule is O=C(NCCN(CCNCOCc1ccccc1)CC(CCCO)NC(=O)OCc1ccccc1)OCc1ccccc1. The van der Waals surface area contributed by atoms with Gasteiger partial charge in [-0.25, -0.2) is 9.59 Å². The van der Waals surface area contributed by atoms with Crippen LogP contribution in [0.5, 0.6) is 0 Å². The van der Waals surface area contributed by atoms with Crippen molar-refractivity contribution in [3.63, 3.8) is 0 Å². The zero-order chi connectivity index (χ0) is 30.4. The summed E-state index contributed by atoms with van der Waals surface area (Å²) in [5.41, 5.74) is 2.92. The average Bonchev–Trinajstić information content (AvgIpc) is 3.04. The summed E-state index contributed by atoms with van der Waals surface area (Å²) < 4.78 is 16.5. The van der Waals surface area contributed by atoms with E-state index >= 15 is 0 Å². The molecule has 0 radical (unpaired) electrons. The highest BCUT2D eigenvalue weighted by molar-refractivity contribution is 5.67. The van der Waals surface area contributed by atoms with Gasteiger partial charge < -0.3 is 30.0 Å². The highest BCUT2D eigenvalue weighted by Crippen LogP contribution is 2.05. The van der Waals surface area contributed by atoms with Gasteiger partial charge in [0, 0.05) is 45.4 Å². The van der Waals surface area contributed by atoms with Crippen LogP contribution < -0.4 is 16.0 Å². The molecule has 4 N–H and O–H groups in total. The molecule has 3 aromatic carbocycles. The molecule has 0 heterocycles. The second kappa shape index (κ2) is 20.8. The van der Waals surface area contributed by atoms with E-state index in [1.165, 1.54) is 0 Å². The van der Waals surface area contributed by atoms with Gasteiger partial charge in [0.05, 0.1) is 13.3 Å². The number of amides is 2. The lowest BCUT2D eigenvalue weighted by Gasteiger charge is -2.28. The van der Waals surface area contributed by atoms with E-state index in [0.717, 1.165) is 16.7 Å². The summed E-state index contributed by atoms with van der Waals surface area (Å²) in [5.74, 6) is 0. The maximum absolute atomic E-state index is 12.6. The van der Waals surface area contributed by atoms with E-state index in [0.29, 0.717) is 58.9 Å². The maximum Gasteiger partial charge on any atom is 0.407 e. The standard InChI is InChI=1S/C33H44N4O6/c38-22-10-17-31(36-33(40)43-26-30-15-8-3-9-16-30)23-37(20-18-34-27-41-24-28-11-4-1-5-12-28)21-19-35-32(39)42-25-29-13-6-2-7-14-29/h1-9,11-16,31,34,38H,10,17-27H2,(H,35,39)(H,36,40). The Morgan fingerprint density at radius 1 is 0.721 bits per heavy atom. The van der Waals surface area contributed by atoms with Crippen LogP contribution in [0.1, 0.15) is 29.5 Å². The van der Waals surface area contributed by atoms with Gasteiger partial charge in [-0.1, -0.05) is 91.0 Å². The van der Waals surface area contributed by atoms with Crippen molar-refractivity contribution in [2.75, 3.05) is 46.1 Å². The van der Waals surface area contributed by atoms with Crippen LogP contribution in [0.2, 0.25) is 0 Å². The van der Waals surface area contributed by atoms with E-state index in [9.17, 15) is 14.7 Å². The molecule has 0 saturated carbocycles. The summed E-state index contributed by atoms with van der Waals surface area (Å²) in [6.07, 6.45) is 0.109. The number of alkyl carbamates (subject to hydrolysis) is 2. The third-order valence-electron chi connectivity index (χ3n) is 6.55. The lowest BCUT2D eigenvalue weighted by molar-refractivity contribution is 0.0997. The van der Waals surface area contributed by atoms with E-state index < -0.39 is 12.2 Å². The Bertz CT molecular complexity index is 1150. The number of aliphatic hydroxyl groups is 1. The minimum absolute atomic E-state index is 0.0202. The topological polar surface area (TPSA) is 121 Å². The van der Waals surface area contributed by atoms with Crippen LogP contribution in [0.3, 0.4) is 0 Å². The molecular weight excluding hydrogens is 548 g/mol. The molecule has 0 fully saturated rings. The molecule has 1 unspecified atom stereocenters. The molecule has 3 aromatic rings. The first-order valence-corrected chi connectivity index (χ1v) is 14.7. The van der Waals surface area contributed by atoms with Crippen molar-refractivity contribution in [2.24, 2.45) is 0 Å². The third kappa shape index (κ3) is 15.2. The average molecular weight is 593 g/mol. The van der Waals surface area contributed by atoms with Crippen LogP contribution in [0, 0.1) is 0 Å². The van der Waals surface area contributed by atoms with Gasteiger partial charge in [0.15, 0.2) is 0 Å². The van der Waals surface area contributed by atoms with Crippen LogP contribution in [0.4, 0.5) is 9.59 Å². The van der Waals surface area contributed by atoms with Gasteiger partial charge in [0.2, 0.25) is 0 Å². The molecule has 2 amide bonds. The molecule has 0 spiro atoms. The largest absolute Gasteiger partial charge is 0.445 e. The number of nitrogens with zero attached hydrogens (tertiary/aromatic N) is 1. The van der Waals surface area contributed by atoms with Crippen LogP contribution in [0.25, 0.3) is 0 Å². The van der Waals surface area contributed by atoms with Crippen molar-refractivity contribution < 1.29 is 28.9 Å². The highest BCUT2D eigenvalue weighted by atomic mass is 16.6. The fourth-order valence-corrected chi connectivity index (χ4v) is 4.30. The number of carbonyl (C=O) groups is 2. The Hall–Kier alpha value is -3.96. The van der Waals surface area contributed by atoms with Gasteiger partial charge >= 0.3 is 12.2 Å². The molecule has 0 saturated heterocycles. The number of aliphatic hydroxyl groups excluding tert-OH is 1. The summed E-state index contributed by atoms with van der Waals surface area (Å²) in [6.45, 7) is 3.99. The number of carbonyl (C=O) groups excluding carboxylic acids is 2. The Morgan fingerprint density at radius 3 is 1.84 bits per heavy atom. The Labute approximate surface area is 254 Å². The van der Waals surface area contributed by atoms with E-state index in [1.54, 1.807) is 0 Å². The minimum atomic E-state index is -0.512.